The van der Waals surface area contributed by atoms with Crippen LogP contribution in [-0.4, -0.2) is 25.4 Å². The van der Waals surface area contributed by atoms with Crippen molar-refractivity contribution in [1.29, 1.82) is 0 Å². The summed E-state index contributed by atoms with van der Waals surface area (Å²) in [5, 5.41) is 11.9. The van der Waals surface area contributed by atoms with Gasteiger partial charge in [0.1, 0.15) is 6.33 Å². The number of allylic oxidation sites excluding steroid dienone is 2. The quantitative estimate of drug-likeness (QED) is 0.123. The average molecular weight is 663 g/mol. The van der Waals surface area contributed by atoms with Gasteiger partial charge < -0.3 is 9.67 Å². The molecule has 1 radical (unpaired) electrons. The second-order valence-corrected chi connectivity index (χ2v) is 8.44. The molecule has 0 atom stereocenters. The zero-order valence-electron chi connectivity index (χ0n) is 20.3. The Morgan fingerprint density at radius 3 is 2.30 bits per heavy atom. The minimum atomic E-state index is -0.125. The van der Waals surface area contributed by atoms with E-state index in [1.807, 2.05) is 30.3 Å². The van der Waals surface area contributed by atoms with Crippen molar-refractivity contribution in [3.8, 4) is 16.9 Å². The Hall–Kier alpha value is -4.12. The van der Waals surface area contributed by atoms with Crippen molar-refractivity contribution in [2.45, 2.75) is 13.8 Å². The molecule has 2 aromatic heterocycles. The predicted octanol–water partition coefficient (Wildman–Crippen LogP) is 7.23. The molecule has 0 aliphatic carbocycles. The molecule has 0 aliphatic heterocycles. The Morgan fingerprint density at radius 2 is 1.62 bits per heavy atom. The average Bonchev–Trinajstić information content (AvgIpc) is 3.24. The fraction of sp³-hybridized carbons (Fsp3) is 0.0645. The van der Waals surface area contributed by atoms with Crippen LogP contribution >= 0.6 is 0 Å². The molecule has 5 nitrogen and oxygen atoms in total. The maximum atomic E-state index is 10.0. The maximum Gasteiger partial charge on any atom is 0.155 e. The van der Waals surface area contributed by atoms with Crippen molar-refractivity contribution < 1.29 is 30.0 Å². The van der Waals surface area contributed by atoms with Gasteiger partial charge in [-0.3, -0.25) is 9.78 Å². The number of aliphatic hydroxyl groups is 1. The number of para-hydroxylation sites is 1. The molecule has 2 heterocycles. The Morgan fingerprint density at radius 1 is 0.892 bits per heavy atom. The predicted molar refractivity (Wildman–Crippen MR) is 145 cm³/mol. The molecule has 0 spiro atoms. The minimum absolute atomic E-state index is 0. The van der Waals surface area contributed by atoms with Crippen LogP contribution in [0.25, 0.3) is 49.7 Å². The van der Waals surface area contributed by atoms with Crippen LogP contribution in [0.15, 0.2) is 109 Å². The van der Waals surface area contributed by atoms with Gasteiger partial charge in [0.15, 0.2) is 5.78 Å². The fourth-order valence-electron chi connectivity index (χ4n) is 4.47. The van der Waals surface area contributed by atoms with Crippen molar-refractivity contribution in [1.82, 2.24) is 14.5 Å². The van der Waals surface area contributed by atoms with Gasteiger partial charge in [-0.2, -0.15) is 0 Å². The molecular formula is C31H24IrN3O2-. The zero-order chi connectivity index (χ0) is 25.1. The van der Waals surface area contributed by atoms with Crippen LogP contribution < -0.4 is 0 Å². The van der Waals surface area contributed by atoms with E-state index >= 15 is 0 Å². The fourth-order valence-corrected chi connectivity index (χ4v) is 4.47. The summed E-state index contributed by atoms with van der Waals surface area (Å²) in [6.45, 7) is 2.85. The van der Waals surface area contributed by atoms with Crippen molar-refractivity contribution in [3.63, 3.8) is 0 Å². The van der Waals surface area contributed by atoms with E-state index in [2.05, 4.69) is 76.3 Å². The van der Waals surface area contributed by atoms with E-state index in [9.17, 15) is 4.79 Å². The first-order valence-electron chi connectivity index (χ1n) is 11.6. The van der Waals surface area contributed by atoms with Gasteiger partial charge in [0, 0.05) is 42.9 Å². The number of rotatable bonds is 3. The summed E-state index contributed by atoms with van der Waals surface area (Å²) in [5.41, 5.74) is 6.04. The molecular weight excluding hydrogens is 639 g/mol. The molecule has 0 saturated carbocycles. The second-order valence-electron chi connectivity index (χ2n) is 8.44. The summed E-state index contributed by atoms with van der Waals surface area (Å²) in [7, 11) is 0. The van der Waals surface area contributed by atoms with Crippen molar-refractivity contribution in [2.24, 2.45) is 0 Å². The summed E-state index contributed by atoms with van der Waals surface area (Å²) in [5.74, 6) is -0.0625. The molecule has 6 rings (SSSR count). The monoisotopic (exact) mass is 663 g/mol. The number of aromatic nitrogens is 3. The first kappa shape index (κ1) is 26.0. The Labute approximate surface area is 228 Å². The molecule has 37 heavy (non-hydrogen) atoms. The van der Waals surface area contributed by atoms with Crippen molar-refractivity contribution >= 4 is 38.5 Å². The Kier molecular flexibility index (Phi) is 7.92. The van der Waals surface area contributed by atoms with E-state index in [0.29, 0.717) is 0 Å². The summed E-state index contributed by atoms with van der Waals surface area (Å²) >= 11 is 0. The topological polar surface area (TPSA) is 68.0 Å². The molecule has 185 valence electrons. The summed E-state index contributed by atoms with van der Waals surface area (Å²) < 4.78 is 2.27. The standard InChI is InChI=1S/C26H16N3.C5H8O2.Ir/c1-3-10-19(11-4-1)24-26-25(28-17-27-24)23-21-14-8-7-9-18(21)15-16-22(23)29(26)20-12-5-2-6-13-20;1-4(6)3-5(2)7;/h1-10,12-17H;3,6H,1-2H3;/q-1;;/b;4-3-;. The smallest absolute Gasteiger partial charge is 0.155 e. The number of nitrogens with zero attached hydrogens (tertiary/aromatic N) is 3. The molecule has 1 N–H and O–H groups in total. The number of aliphatic hydroxyl groups excluding tert-OH is 1. The third kappa shape index (κ3) is 5.21. The van der Waals surface area contributed by atoms with E-state index in [1.165, 1.54) is 30.7 Å². The number of benzene rings is 4. The van der Waals surface area contributed by atoms with Gasteiger partial charge in [-0.05, 0) is 42.8 Å². The van der Waals surface area contributed by atoms with Crippen LogP contribution in [0.5, 0.6) is 0 Å². The second kappa shape index (κ2) is 11.3. The molecule has 0 fully saturated rings. The Balaban J connectivity index is 0.000000356. The van der Waals surface area contributed by atoms with Crippen LogP contribution in [0.4, 0.5) is 0 Å². The van der Waals surface area contributed by atoms with Crippen LogP contribution in [0, 0.1) is 6.07 Å². The number of ketones is 1. The largest absolute Gasteiger partial charge is 0.512 e. The van der Waals surface area contributed by atoms with Gasteiger partial charge in [0.25, 0.3) is 0 Å². The van der Waals surface area contributed by atoms with E-state index in [0.717, 1.165) is 38.9 Å². The summed E-state index contributed by atoms with van der Waals surface area (Å²) in [6.07, 6.45) is 2.83. The van der Waals surface area contributed by atoms with Crippen LogP contribution in [-0.2, 0) is 24.9 Å². The number of carbonyl (C=O) groups is 1. The van der Waals surface area contributed by atoms with Gasteiger partial charge in [-0.15, -0.1) is 35.9 Å². The third-order valence-corrected chi connectivity index (χ3v) is 5.82. The number of hydrogen-bond acceptors (Lipinski definition) is 4. The molecule has 6 heteroatoms. The van der Waals surface area contributed by atoms with E-state index in [4.69, 9.17) is 10.1 Å². The van der Waals surface area contributed by atoms with Gasteiger partial charge in [0.2, 0.25) is 0 Å². The van der Waals surface area contributed by atoms with Gasteiger partial charge in [-0.25, -0.2) is 4.98 Å². The molecule has 0 unspecified atom stereocenters. The number of carbonyl (C=O) groups excluding carboxylic acids is 1. The van der Waals surface area contributed by atoms with E-state index < -0.39 is 0 Å². The van der Waals surface area contributed by atoms with Gasteiger partial charge >= 0.3 is 0 Å². The third-order valence-electron chi connectivity index (χ3n) is 5.82. The number of fused-ring (bicyclic) bond motifs is 5. The van der Waals surface area contributed by atoms with Crippen LogP contribution in [0.3, 0.4) is 0 Å². The molecule has 0 bridgehead atoms. The normalized spacial score (nSPS) is 11.1. The Bertz CT molecular complexity index is 1720. The zero-order valence-corrected chi connectivity index (χ0v) is 22.7. The van der Waals surface area contributed by atoms with E-state index in [1.54, 1.807) is 6.33 Å². The van der Waals surface area contributed by atoms with E-state index in [-0.39, 0.29) is 31.6 Å². The van der Waals surface area contributed by atoms with Gasteiger partial charge in [-0.1, -0.05) is 48.5 Å². The molecule has 4 aromatic carbocycles. The summed E-state index contributed by atoms with van der Waals surface area (Å²) in [6, 6.07) is 34.5. The minimum Gasteiger partial charge on any atom is -0.512 e. The number of hydrogen-bond donors (Lipinski definition) is 1. The molecule has 0 saturated heterocycles. The maximum absolute atomic E-state index is 10.0. The van der Waals surface area contributed by atoms with Crippen molar-refractivity contribution in [2.75, 3.05) is 0 Å². The SMILES string of the molecule is CC(=O)/C=C(/C)O.[Ir].[c-]1ccccc1-c1ncnc2c3c4ccccc4ccc3n(-c3ccccc3)c12. The molecule has 0 aliphatic rings. The van der Waals surface area contributed by atoms with Gasteiger partial charge in [0.05, 0.1) is 22.3 Å². The van der Waals surface area contributed by atoms with Crippen molar-refractivity contribution in [3.05, 3.63) is 115 Å². The first-order valence-corrected chi connectivity index (χ1v) is 11.6. The molecule has 0 amide bonds. The molecule has 6 aromatic rings. The van der Waals surface area contributed by atoms with Crippen LogP contribution in [0.1, 0.15) is 13.8 Å². The van der Waals surface area contributed by atoms with Crippen LogP contribution in [0.2, 0.25) is 0 Å². The summed E-state index contributed by atoms with van der Waals surface area (Å²) in [4.78, 5) is 19.4. The first-order chi connectivity index (χ1) is 17.5.